The number of aromatic nitrogens is 1. The Morgan fingerprint density at radius 1 is 1.04 bits per heavy atom. The fourth-order valence-corrected chi connectivity index (χ4v) is 4.46. The molecule has 1 saturated heterocycles. The molecule has 136 valence electrons. The van der Waals surface area contributed by atoms with E-state index in [1.807, 2.05) is 23.1 Å². The molecule has 0 radical (unpaired) electrons. The van der Waals surface area contributed by atoms with Crippen LogP contribution in [-0.4, -0.2) is 35.4 Å². The number of carbonyl (C=O) groups excluding carboxylic acids is 1. The van der Waals surface area contributed by atoms with Crippen molar-refractivity contribution >= 4 is 17.4 Å². The van der Waals surface area contributed by atoms with Crippen LogP contribution in [0.25, 0.3) is 0 Å². The van der Waals surface area contributed by atoms with Gasteiger partial charge in [0.2, 0.25) is 0 Å². The van der Waals surface area contributed by atoms with Gasteiger partial charge in [0.05, 0.1) is 0 Å². The molecule has 1 aromatic carbocycles. The molecule has 4 heteroatoms. The number of rotatable bonds is 2. The number of carbonyl (C=O) groups is 1. The molecule has 0 saturated carbocycles. The first-order valence-corrected chi connectivity index (χ1v) is 9.73. The van der Waals surface area contributed by atoms with Gasteiger partial charge in [-0.3, -0.25) is 4.79 Å². The van der Waals surface area contributed by atoms with Crippen molar-refractivity contribution in [1.82, 2.24) is 9.88 Å². The molecule has 1 amide bonds. The van der Waals surface area contributed by atoms with Gasteiger partial charge in [-0.1, -0.05) is 38.1 Å². The zero-order chi connectivity index (χ0) is 18.1. The third kappa shape index (κ3) is 3.33. The molecule has 4 nitrogen and oxygen atoms in total. The molecule has 2 atom stereocenters. The number of nitrogens with zero attached hydrogens (tertiary/aromatic N) is 3. The molecule has 1 aromatic heterocycles. The highest BCUT2D eigenvalue weighted by molar-refractivity contribution is 5.93. The van der Waals surface area contributed by atoms with E-state index in [9.17, 15) is 4.79 Å². The normalized spacial score (nSPS) is 22.8. The molecule has 2 aromatic rings. The highest BCUT2D eigenvalue weighted by Gasteiger charge is 2.27. The Bertz CT molecular complexity index is 793. The smallest absolute Gasteiger partial charge is 0.272 e. The van der Waals surface area contributed by atoms with Crippen LogP contribution in [0, 0.1) is 11.8 Å². The van der Waals surface area contributed by atoms with Crippen LogP contribution in [0.15, 0.2) is 42.5 Å². The van der Waals surface area contributed by atoms with E-state index in [1.54, 1.807) is 0 Å². The Morgan fingerprint density at radius 3 is 2.62 bits per heavy atom. The second-order valence-electron chi connectivity index (χ2n) is 7.92. The summed E-state index contributed by atoms with van der Waals surface area (Å²) in [5, 5.41) is 0. The lowest BCUT2D eigenvalue weighted by atomic mass is 9.92. The Balaban J connectivity index is 1.61. The number of benzene rings is 1. The molecule has 0 N–H and O–H groups in total. The lowest BCUT2D eigenvalue weighted by Crippen LogP contribution is -2.43. The van der Waals surface area contributed by atoms with Crippen LogP contribution in [0.2, 0.25) is 0 Å². The van der Waals surface area contributed by atoms with Gasteiger partial charge < -0.3 is 9.80 Å². The SMILES string of the molecule is CC1CC(C)CN(C(=O)c2cccc(N3CCCc4ccccc43)n2)C1. The second kappa shape index (κ2) is 7.10. The monoisotopic (exact) mass is 349 g/mol. The van der Waals surface area contributed by atoms with E-state index in [0.717, 1.165) is 38.3 Å². The standard InChI is InChI=1S/C22H27N3O/c1-16-13-17(2)15-24(14-16)22(26)19-9-5-11-21(23-19)25-12-6-8-18-7-3-4-10-20(18)25/h3-5,7,9-11,16-17H,6,8,12-15H2,1-2H3. The van der Waals surface area contributed by atoms with Crippen LogP contribution in [0.4, 0.5) is 11.5 Å². The van der Waals surface area contributed by atoms with Crippen LogP contribution in [0.1, 0.15) is 42.7 Å². The van der Waals surface area contributed by atoms with Crippen LogP contribution in [-0.2, 0) is 6.42 Å². The number of fused-ring (bicyclic) bond motifs is 1. The molecule has 0 bridgehead atoms. The van der Waals surface area contributed by atoms with Gasteiger partial charge in [0.1, 0.15) is 11.5 Å². The molecule has 3 heterocycles. The first-order chi connectivity index (χ1) is 12.6. The number of hydrogen-bond donors (Lipinski definition) is 0. The topological polar surface area (TPSA) is 36.4 Å². The van der Waals surface area contributed by atoms with E-state index < -0.39 is 0 Å². The third-order valence-electron chi connectivity index (χ3n) is 5.50. The van der Waals surface area contributed by atoms with Gasteiger partial charge in [-0.2, -0.15) is 0 Å². The average molecular weight is 349 g/mol. The molecule has 2 aliphatic rings. The Morgan fingerprint density at radius 2 is 1.81 bits per heavy atom. The minimum Gasteiger partial charge on any atom is -0.337 e. The number of anilines is 2. The minimum absolute atomic E-state index is 0.0653. The van der Waals surface area contributed by atoms with Crippen molar-refractivity contribution in [2.75, 3.05) is 24.5 Å². The van der Waals surface area contributed by atoms with Gasteiger partial charge in [-0.25, -0.2) is 4.98 Å². The fourth-order valence-electron chi connectivity index (χ4n) is 4.46. The van der Waals surface area contributed by atoms with E-state index in [-0.39, 0.29) is 5.91 Å². The summed E-state index contributed by atoms with van der Waals surface area (Å²) >= 11 is 0. The van der Waals surface area contributed by atoms with Gasteiger partial charge >= 0.3 is 0 Å². The molecular formula is C22H27N3O. The minimum atomic E-state index is 0.0653. The maximum absolute atomic E-state index is 13.0. The second-order valence-corrected chi connectivity index (χ2v) is 7.92. The van der Waals surface area contributed by atoms with Crippen LogP contribution >= 0.6 is 0 Å². The summed E-state index contributed by atoms with van der Waals surface area (Å²) in [7, 11) is 0. The number of hydrogen-bond acceptors (Lipinski definition) is 3. The van der Waals surface area contributed by atoms with E-state index in [2.05, 4.69) is 43.0 Å². The van der Waals surface area contributed by atoms with Crippen LogP contribution in [0.5, 0.6) is 0 Å². The number of para-hydroxylation sites is 1. The maximum atomic E-state index is 13.0. The largest absolute Gasteiger partial charge is 0.337 e. The summed E-state index contributed by atoms with van der Waals surface area (Å²) in [5.41, 5.74) is 3.14. The number of pyridine rings is 1. The lowest BCUT2D eigenvalue weighted by Gasteiger charge is -2.35. The van der Waals surface area contributed by atoms with E-state index in [1.165, 1.54) is 17.7 Å². The summed E-state index contributed by atoms with van der Waals surface area (Å²) in [6.45, 7) is 7.07. The fraction of sp³-hybridized carbons (Fsp3) is 0.455. The first kappa shape index (κ1) is 17.1. The first-order valence-electron chi connectivity index (χ1n) is 9.73. The van der Waals surface area contributed by atoms with Gasteiger partial charge in [0.15, 0.2) is 0 Å². The van der Waals surface area contributed by atoms with Crippen LogP contribution in [0.3, 0.4) is 0 Å². The Labute approximate surface area is 155 Å². The summed E-state index contributed by atoms with van der Waals surface area (Å²) in [6.07, 6.45) is 3.41. The third-order valence-corrected chi connectivity index (χ3v) is 5.50. The lowest BCUT2D eigenvalue weighted by molar-refractivity contribution is 0.0617. The van der Waals surface area contributed by atoms with Crippen molar-refractivity contribution in [3.63, 3.8) is 0 Å². The van der Waals surface area contributed by atoms with Gasteiger partial charge in [-0.05, 0) is 54.9 Å². The van der Waals surface area contributed by atoms with Crippen LogP contribution < -0.4 is 4.90 Å². The zero-order valence-corrected chi connectivity index (χ0v) is 15.7. The molecule has 1 fully saturated rings. The zero-order valence-electron chi connectivity index (χ0n) is 15.7. The number of amides is 1. The van der Waals surface area contributed by atoms with Gasteiger partial charge in [-0.15, -0.1) is 0 Å². The molecule has 2 unspecified atom stereocenters. The Hall–Kier alpha value is -2.36. The molecule has 4 rings (SSSR count). The van der Waals surface area contributed by atoms with E-state index in [0.29, 0.717) is 17.5 Å². The van der Waals surface area contributed by atoms with Crippen molar-refractivity contribution in [2.45, 2.75) is 33.1 Å². The van der Waals surface area contributed by atoms with Crippen molar-refractivity contribution in [1.29, 1.82) is 0 Å². The quantitative estimate of drug-likeness (QED) is 0.812. The molecule has 0 aliphatic carbocycles. The van der Waals surface area contributed by atoms with Crippen molar-refractivity contribution in [3.05, 3.63) is 53.7 Å². The van der Waals surface area contributed by atoms with Crippen molar-refractivity contribution in [3.8, 4) is 0 Å². The highest BCUT2D eigenvalue weighted by atomic mass is 16.2. The Kier molecular flexibility index (Phi) is 4.66. The highest BCUT2D eigenvalue weighted by Crippen LogP contribution is 2.32. The summed E-state index contributed by atoms with van der Waals surface area (Å²) < 4.78 is 0. The number of piperidine rings is 1. The maximum Gasteiger partial charge on any atom is 0.272 e. The summed E-state index contributed by atoms with van der Waals surface area (Å²) in [5.74, 6) is 2.05. The van der Waals surface area contributed by atoms with Crippen molar-refractivity contribution in [2.24, 2.45) is 11.8 Å². The number of aryl methyl sites for hydroxylation is 1. The molecule has 2 aliphatic heterocycles. The van der Waals surface area contributed by atoms with Crippen molar-refractivity contribution < 1.29 is 4.79 Å². The number of likely N-dealkylation sites (tertiary alicyclic amines) is 1. The molecular weight excluding hydrogens is 322 g/mol. The molecule has 26 heavy (non-hydrogen) atoms. The predicted octanol–water partition coefficient (Wildman–Crippen LogP) is 4.28. The van der Waals surface area contributed by atoms with Gasteiger partial charge in [0.25, 0.3) is 5.91 Å². The van der Waals surface area contributed by atoms with Gasteiger partial charge in [0, 0.05) is 25.3 Å². The van der Waals surface area contributed by atoms with E-state index >= 15 is 0 Å². The van der Waals surface area contributed by atoms with E-state index in [4.69, 9.17) is 4.98 Å². The summed E-state index contributed by atoms with van der Waals surface area (Å²) in [6, 6.07) is 14.3. The predicted molar refractivity (Wildman–Crippen MR) is 105 cm³/mol. The average Bonchev–Trinajstić information content (AvgIpc) is 2.66. The molecule has 0 spiro atoms. The summed E-state index contributed by atoms with van der Waals surface area (Å²) in [4.78, 5) is 22.0.